The Morgan fingerprint density at radius 2 is 2.13 bits per heavy atom. The lowest BCUT2D eigenvalue weighted by Gasteiger charge is -2.16. The Bertz CT molecular complexity index is 338. The average molecular weight is 252 g/mol. The molecule has 0 aliphatic carbocycles. The molecule has 0 saturated carbocycles. The molecule has 15 heavy (non-hydrogen) atoms. The molecule has 5 nitrogen and oxygen atoms in total. The molecule has 0 fully saturated rings. The quantitative estimate of drug-likeness (QED) is 0.687. The van der Waals surface area contributed by atoms with Crippen LogP contribution in [0.2, 0.25) is 5.15 Å². The van der Waals surface area contributed by atoms with Gasteiger partial charge in [0.25, 0.3) is 0 Å². The molecule has 0 radical (unpaired) electrons. The van der Waals surface area contributed by atoms with Gasteiger partial charge < -0.3 is 15.9 Å². The standard InChI is InChI=1S/C8H11Cl2N3O2/c9-2-1-4(14)7(15)6-8(11)13-5(10)3-12-6/h3-4,7,14-15H,1-2H2,(H2,11,13). The number of halogens is 2. The van der Waals surface area contributed by atoms with Crippen molar-refractivity contribution in [3.05, 3.63) is 17.0 Å². The zero-order valence-electron chi connectivity index (χ0n) is 7.77. The Morgan fingerprint density at radius 3 is 2.67 bits per heavy atom. The van der Waals surface area contributed by atoms with Crippen molar-refractivity contribution in [2.45, 2.75) is 18.6 Å². The molecule has 84 valence electrons. The Balaban J connectivity index is 2.86. The topological polar surface area (TPSA) is 92.3 Å². The van der Waals surface area contributed by atoms with Crippen LogP contribution in [0, 0.1) is 0 Å². The van der Waals surface area contributed by atoms with Crippen molar-refractivity contribution in [1.29, 1.82) is 0 Å². The second-order valence-corrected chi connectivity index (χ2v) is 3.72. The van der Waals surface area contributed by atoms with Crippen LogP contribution in [0.15, 0.2) is 6.20 Å². The second-order valence-electron chi connectivity index (χ2n) is 2.95. The van der Waals surface area contributed by atoms with Gasteiger partial charge in [0.05, 0.1) is 12.3 Å². The minimum atomic E-state index is -1.20. The van der Waals surface area contributed by atoms with Crippen molar-refractivity contribution in [3.8, 4) is 0 Å². The first-order chi connectivity index (χ1) is 7.06. The predicted molar refractivity (Wildman–Crippen MR) is 57.8 cm³/mol. The summed E-state index contributed by atoms with van der Waals surface area (Å²) in [6.07, 6.45) is -0.718. The number of rotatable bonds is 4. The molecule has 0 saturated heterocycles. The molecular formula is C8H11Cl2N3O2. The molecule has 0 aromatic carbocycles. The molecule has 0 bridgehead atoms. The van der Waals surface area contributed by atoms with E-state index >= 15 is 0 Å². The number of nitrogens with two attached hydrogens (primary N) is 1. The third-order valence-electron chi connectivity index (χ3n) is 1.85. The Labute approximate surface area is 96.9 Å². The summed E-state index contributed by atoms with van der Waals surface area (Å²) in [6, 6.07) is 0. The molecule has 1 heterocycles. The van der Waals surface area contributed by atoms with Gasteiger partial charge in [0, 0.05) is 5.88 Å². The SMILES string of the molecule is Nc1nc(Cl)cnc1C(O)C(O)CCCl. The summed E-state index contributed by atoms with van der Waals surface area (Å²) in [7, 11) is 0. The second kappa shape index (κ2) is 5.46. The van der Waals surface area contributed by atoms with Gasteiger partial charge in [0.2, 0.25) is 0 Å². The molecule has 4 N–H and O–H groups in total. The number of alkyl halides is 1. The maximum atomic E-state index is 9.66. The Morgan fingerprint density at radius 1 is 1.47 bits per heavy atom. The van der Waals surface area contributed by atoms with E-state index in [0.29, 0.717) is 0 Å². The van der Waals surface area contributed by atoms with E-state index < -0.39 is 12.2 Å². The number of hydrogen-bond donors (Lipinski definition) is 3. The van der Waals surface area contributed by atoms with Crippen LogP contribution in [0.1, 0.15) is 18.2 Å². The largest absolute Gasteiger partial charge is 0.390 e. The summed E-state index contributed by atoms with van der Waals surface area (Å²) < 4.78 is 0. The van der Waals surface area contributed by atoms with Gasteiger partial charge in [-0.05, 0) is 6.42 Å². The molecule has 1 aromatic rings. The molecule has 1 rings (SSSR count). The van der Waals surface area contributed by atoms with Crippen molar-refractivity contribution in [2.24, 2.45) is 0 Å². The molecule has 2 atom stereocenters. The van der Waals surface area contributed by atoms with Crippen LogP contribution >= 0.6 is 23.2 Å². The van der Waals surface area contributed by atoms with Gasteiger partial charge in [0.15, 0.2) is 0 Å². The number of anilines is 1. The number of nitrogens with zero attached hydrogens (tertiary/aromatic N) is 2. The average Bonchev–Trinajstić information content (AvgIpc) is 2.17. The lowest BCUT2D eigenvalue weighted by atomic mass is 10.1. The van der Waals surface area contributed by atoms with Crippen LogP contribution in [0.25, 0.3) is 0 Å². The van der Waals surface area contributed by atoms with Gasteiger partial charge in [-0.15, -0.1) is 11.6 Å². The molecule has 0 amide bonds. The van der Waals surface area contributed by atoms with Gasteiger partial charge in [-0.3, -0.25) is 4.98 Å². The fourth-order valence-electron chi connectivity index (χ4n) is 1.07. The molecule has 0 spiro atoms. The smallest absolute Gasteiger partial charge is 0.149 e. The van der Waals surface area contributed by atoms with E-state index in [0.717, 1.165) is 0 Å². The molecular weight excluding hydrogens is 241 g/mol. The molecule has 1 aromatic heterocycles. The third kappa shape index (κ3) is 3.17. The highest BCUT2D eigenvalue weighted by Gasteiger charge is 2.22. The minimum absolute atomic E-state index is 0.00335. The Kier molecular flexibility index (Phi) is 4.53. The van der Waals surface area contributed by atoms with Crippen molar-refractivity contribution >= 4 is 29.0 Å². The number of aromatic nitrogens is 2. The molecule has 2 unspecified atom stereocenters. The lowest BCUT2D eigenvalue weighted by molar-refractivity contribution is 0.0147. The van der Waals surface area contributed by atoms with Crippen LogP contribution in [0.4, 0.5) is 5.82 Å². The van der Waals surface area contributed by atoms with Crippen molar-refractivity contribution in [1.82, 2.24) is 9.97 Å². The van der Waals surface area contributed by atoms with Crippen LogP contribution in [0.3, 0.4) is 0 Å². The summed E-state index contributed by atoms with van der Waals surface area (Å²) in [5.74, 6) is 0.239. The first-order valence-corrected chi connectivity index (χ1v) is 5.17. The number of nitrogen functional groups attached to an aromatic ring is 1. The first kappa shape index (κ1) is 12.4. The zero-order chi connectivity index (χ0) is 11.4. The highest BCUT2D eigenvalue weighted by Crippen LogP contribution is 2.22. The predicted octanol–water partition coefficient (Wildman–Crippen LogP) is 0.735. The van der Waals surface area contributed by atoms with Crippen molar-refractivity contribution in [3.63, 3.8) is 0 Å². The van der Waals surface area contributed by atoms with Gasteiger partial charge in [-0.1, -0.05) is 11.6 Å². The normalized spacial score (nSPS) is 14.9. The van der Waals surface area contributed by atoms with E-state index in [1.807, 2.05) is 0 Å². The fourth-order valence-corrected chi connectivity index (χ4v) is 1.43. The molecule has 7 heteroatoms. The van der Waals surface area contributed by atoms with E-state index in [9.17, 15) is 10.2 Å². The van der Waals surface area contributed by atoms with Crippen molar-refractivity contribution in [2.75, 3.05) is 11.6 Å². The highest BCUT2D eigenvalue weighted by atomic mass is 35.5. The molecule has 0 aliphatic rings. The van der Waals surface area contributed by atoms with E-state index in [4.69, 9.17) is 28.9 Å². The first-order valence-electron chi connectivity index (χ1n) is 4.26. The van der Waals surface area contributed by atoms with Crippen LogP contribution in [0.5, 0.6) is 0 Å². The minimum Gasteiger partial charge on any atom is -0.390 e. The van der Waals surface area contributed by atoms with E-state index in [-0.39, 0.29) is 29.0 Å². The third-order valence-corrected chi connectivity index (χ3v) is 2.25. The maximum absolute atomic E-state index is 9.66. The van der Waals surface area contributed by atoms with E-state index in [1.165, 1.54) is 6.20 Å². The lowest BCUT2D eigenvalue weighted by Crippen LogP contribution is -2.21. The van der Waals surface area contributed by atoms with Crippen LogP contribution < -0.4 is 5.73 Å². The Hall–Kier alpha value is -0.620. The van der Waals surface area contributed by atoms with Gasteiger partial charge in [-0.2, -0.15) is 0 Å². The fraction of sp³-hybridized carbons (Fsp3) is 0.500. The van der Waals surface area contributed by atoms with E-state index in [1.54, 1.807) is 0 Å². The molecule has 0 aliphatic heterocycles. The number of aliphatic hydroxyl groups excluding tert-OH is 2. The van der Waals surface area contributed by atoms with Crippen LogP contribution in [-0.4, -0.2) is 32.2 Å². The maximum Gasteiger partial charge on any atom is 0.149 e. The number of aliphatic hydroxyl groups is 2. The highest BCUT2D eigenvalue weighted by molar-refractivity contribution is 6.29. The summed E-state index contributed by atoms with van der Waals surface area (Å²) in [4.78, 5) is 7.52. The van der Waals surface area contributed by atoms with Gasteiger partial charge in [0.1, 0.15) is 22.8 Å². The summed E-state index contributed by atoms with van der Waals surface area (Å²) in [5.41, 5.74) is 5.60. The monoisotopic (exact) mass is 251 g/mol. The van der Waals surface area contributed by atoms with Gasteiger partial charge in [-0.25, -0.2) is 4.98 Å². The summed E-state index contributed by atoms with van der Waals surface area (Å²) in [6.45, 7) is 0. The zero-order valence-corrected chi connectivity index (χ0v) is 9.28. The van der Waals surface area contributed by atoms with Crippen LogP contribution in [-0.2, 0) is 0 Å². The van der Waals surface area contributed by atoms with Crippen molar-refractivity contribution < 1.29 is 10.2 Å². The summed E-state index contributed by atoms with van der Waals surface area (Å²) in [5, 5.41) is 19.3. The van der Waals surface area contributed by atoms with E-state index in [2.05, 4.69) is 9.97 Å². The summed E-state index contributed by atoms with van der Waals surface area (Å²) >= 11 is 11.0. The van der Waals surface area contributed by atoms with Gasteiger partial charge >= 0.3 is 0 Å². The number of hydrogen-bond acceptors (Lipinski definition) is 5.